The van der Waals surface area contributed by atoms with E-state index in [1.54, 1.807) is 43.5 Å². The molecule has 2 aromatic rings. The maximum absolute atomic E-state index is 11.8. The van der Waals surface area contributed by atoms with Crippen LogP contribution in [0, 0.1) is 0 Å². The fourth-order valence-electron chi connectivity index (χ4n) is 1.79. The lowest BCUT2D eigenvalue weighted by Gasteiger charge is -2.14. The van der Waals surface area contributed by atoms with Gasteiger partial charge in [-0.15, -0.1) is 0 Å². The van der Waals surface area contributed by atoms with Crippen molar-refractivity contribution in [2.24, 2.45) is 0 Å². The Kier molecular flexibility index (Phi) is 5.11. The van der Waals surface area contributed by atoms with E-state index in [0.717, 1.165) is 0 Å². The van der Waals surface area contributed by atoms with Crippen molar-refractivity contribution >= 4 is 17.6 Å². The summed E-state index contributed by atoms with van der Waals surface area (Å²) >= 11 is 5.73. The Morgan fingerprint density at radius 1 is 1.24 bits per heavy atom. The van der Waals surface area contributed by atoms with Crippen LogP contribution in [0.3, 0.4) is 0 Å². The lowest BCUT2D eigenvalue weighted by atomic mass is 10.1. The maximum atomic E-state index is 11.8. The van der Waals surface area contributed by atoms with Crippen LogP contribution in [0.15, 0.2) is 40.8 Å². The molecule has 0 aliphatic rings. The number of carbonyl (C=O) groups excluding carboxylic acids is 1. The smallest absolute Gasteiger partial charge is 0.319 e. The minimum Gasteiger partial charge on any atom is -0.497 e. The molecule has 0 fully saturated rings. The topological polar surface area (TPSA) is 57.9 Å². The highest BCUT2D eigenvalue weighted by Crippen LogP contribution is 2.25. The fraction of sp³-hybridized carbons (Fsp3) is 0.267. The number of carbonyl (C=O) groups is 1. The zero-order valence-electron chi connectivity index (χ0n) is 11.7. The van der Waals surface area contributed by atoms with Crippen LogP contribution < -0.4 is 9.47 Å². The van der Waals surface area contributed by atoms with Gasteiger partial charge in [-0.3, -0.25) is 4.79 Å². The largest absolute Gasteiger partial charge is 0.497 e. The van der Waals surface area contributed by atoms with Crippen LogP contribution in [0.5, 0.6) is 11.5 Å². The maximum Gasteiger partial charge on any atom is 0.319 e. The molecule has 0 bridgehead atoms. The van der Waals surface area contributed by atoms with Gasteiger partial charge in [0.25, 0.3) is 0 Å². The molecule has 1 aromatic carbocycles. The van der Waals surface area contributed by atoms with Crippen molar-refractivity contribution in [2.45, 2.75) is 5.92 Å². The standard InChI is InChI=1S/C15H15ClO5/c1-18-10-4-3-5-11(8-10)20-9-12(15(17)19-2)13-6-7-14(16)21-13/h3-8,12H,9H2,1-2H3. The number of furan rings is 1. The van der Waals surface area contributed by atoms with Gasteiger partial charge >= 0.3 is 5.97 Å². The monoisotopic (exact) mass is 310 g/mol. The van der Waals surface area contributed by atoms with Gasteiger partial charge in [0.15, 0.2) is 5.22 Å². The van der Waals surface area contributed by atoms with Crippen LogP contribution in [0.2, 0.25) is 5.22 Å². The minimum absolute atomic E-state index is 0.0731. The Morgan fingerprint density at radius 2 is 2.00 bits per heavy atom. The Bertz CT molecular complexity index is 608. The van der Waals surface area contributed by atoms with E-state index in [9.17, 15) is 4.79 Å². The van der Waals surface area contributed by atoms with Crippen LogP contribution in [0.1, 0.15) is 11.7 Å². The number of hydrogen-bond donors (Lipinski definition) is 0. The SMILES string of the molecule is COC(=O)C(COc1cccc(OC)c1)c1ccc(Cl)o1. The predicted molar refractivity (Wildman–Crippen MR) is 77.0 cm³/mol. The van der Waals surface area contributed by atoms with Crippen molar-refractivity contribution in [3.05, 3.63) is 47.4 Å². The van der Waals surface area contributed by atoms with Gasteiger partial charge in [-0.25, -0.2) is 0 Å². The van der Waals surface area contributed by atoms with Gasteiger partial charge in [-0.1, -0.05) is 6.07 Å². The molecular weight excluding hydrogens is 296 g/mol. The molecule has 6 heteroatoms. The van der Waals surface area contributed by atoms with Crippen LogP contribution in [-0.2, 0) is 9.53 Å². The highest BCUT2D eigenvalue weighted by Gasteiger charge is 2.26. The van der Waals surface area contributed by atoms with E-state index in [0.29, 0.717) is 17.3 Å². The molecule has 1 atom stereocenters. The number of ether oxygens (including phenoxy) is 3. The summed E-state index contributed by atoms with van der Waals surface area (Å²) < 4.78 is 20.7. The number of benzene rings is 1. The van der Waals surface area contributed by atoms with Crippen molar-refractivity contribution in [2.75, 3.05) is 20.8 Å². The molecule has 112 valence electrons. The van der Waals surface area contributed by atoms with E-state index < -0.39 is 11.9 Å². The highest BCUT2D eigenvalue weighted by molar-refractivity contribution is 6.28. The quantitative estimate of drug-likeness (QED) is 0.766. The molecule has 5 nitrogen and oxygen atoms in total. The molecular formula is C15H15ClO5. The summed E-state index contributed by atoms with van der Waals surface area (Å²) in [5, 5.41) is 0.209. The normalized spacial score (nSPS) is 11.8. The van der Waals surface area contributed by atoms with Crippen LogP contribution in [0.25, 0.3) is 0 Å². The summed E-state index contributed by atoms with van der Waals surface area (Å²) in [5.74, 6) is 0.511. The summed E-state index contributed by atoms with van der Waals surface area (Å²) in [4.78, 5) is 11.8. The molecule has 1 heterocycles. The Labute approximate surface area is 127 Å². The fourth-order valence-corrected chi connectivity index (χ4v) is 1.95. The Morgan fingerprint density at radius 3 is 2.62 bits per heavy atom. The van der Waals surface area contributed by atoms with E-state index >= 15 is 0 Å². The van der Waals surface area contributed by atoms with Gasteiger partial charge in [0.05, 0.1) is 14.2 Å². The lowest BCUT2D eigenvalue weighted by molar-refractivity contribution is -0.143. The van der Waals surface area contributed by atoms with Crippen LogP contribution in [-0.4, -0.2) is 26.8 Å². The second kappa shape index (κ2) is 7.04. The van der Waals surface area contributed by atoms with Crippen LogP contribution in [0.4, 0.5) is 0 Å². The molecule has 0 saturated carbocycles. The van der Waals surface area contributed by atoms with Crippen molar-refractivity contribution in [3.63, 3.8) is 0 Å². The van der Waals surface area contributed by atoms with Gasteiger partial charge in [0, 0.05) is 6.07 Å². The molecule has 1 aromatic heterocycles. The number of esters is 1. The van der Waals surface area contributed by atoms with E-state index in [4.69, 9.17) is 30.2 Å². The summed E-state index contributed by atoms with van der Waals surface area (Å²) in [6.07, 6.45) is 0. The second-order valence-corrected chi connectivity index (χ2v) is 4.58. The van der Waals surface area contributed by atoms with Crippen molar-refractivity contribution in [3.8, 4) is 11.5 Å². The molecule has 0 aliphatic carbocycles. The Balaban J connectivity index is 2.10. The third-order valence-corrected chi connectivity index (χ3v) is 3.08. The summed E-state index contributed by atoms with van der Waals surface area (Å²) in [6, 6.07) is 10.3. The molecule has 0 N–H and O–H groups in total. The minimum atomic E-state index is -0.686. The van der Waals surface area contributed by atoms with Crippen LogP contribution >= 0.6 is 11.6 Å². The third-order valence-electron chi connectivity index (χ3n) is 2.88. The predicted octanol–water partition coefficient (Wildman–Crippen LogP) is 3.28. The van der Waals surface area contributed by atoms with Crippen molar-refractivity contribution < 1.29 is 23.4 Å². The molecule has 0 saturated heterocycles. The zero-order valence-corrected chi connectivity index (χ0v) is 12.4. The second-order valence-electron chi connectivity index (χ2n) is 4.21. The highest BCUT2D eigenvalue weighted by atomic mass is 35.5. The van der Waals surface area contributed by atoms with E-state index in [-0.39, 0.29) is 11.8 Å². The molecule has 0 aliphatic heterocycles. The summed E-state index contributed by atoms with van der Waals surface area (Å²) in [6.45, 7) is 0.0731. The first-order valence-electron chi connectivity index (χ1n) is 6.24. The van der Waals surface area contributed by atoms with E-state index in [1.807, 2.05) is 0 Å². The summed E-state index contributed by atoms with van der Waals surface area (Å²) in [5.41, 5.74) is 0. The summed E-state index contributed by atoms with van der Waals surface area (Å²) in [7, 11) is 2.88. The number of halogens is 1. The Hall–Kier alpha value is -2.14. The van der Waals surface area contributed by atoms with Crippen molar-refractivity contribution in [1.29, 1.82) is 0 Å². The third kappa shape index (κ3) is 3.92. The molecule has 0 amide bonds. The number of hydrogen-bond acceptors (Lipinski definition) is 5. The van der Waals surface area contributed by atoms with Gasteiger partial charge in [0.2, 0.25) is 0 Å². The lowest BCUT2D eigenvalue weighted by Crippen LogP contribution is -2.20. The van der Waals surface area contributed by atoms with E-state index in [2.05, 4.69) is 0 Å². The molecule has 2 rings (SSSR count). The number of methoxy groups -OCH3 is 2. The zero-order chi connectivity index (χ0) is 15.2. The van der Waals surface area contributed by atoms with Crippen molar-refractivity contribution in [1.82, 2.24) is 0 Å². The molecule has 1 unspecified atom stereocenters. The molecule has 0 radical (unpaired) electrons. The van der Waals surface area contributed by atoms with Gasteiger partial charge in [-0.05, 0) is 35.9 Å². The molecule has 21 heavy (non-hydrogen) atoms. The first kappa shape index (κ1) is 15.3. The first-order valence-corrected chi connectivity index (χ1v) is 6.61. The molecule has 0 spiro atoms. The first-order chi connectivity index (χ1) is 10.1. The average Bonchev–Trinajstić information content (AvgIpc) is 2.93. The number of rotatable bonds is 6. The van der Waals surface area contributed by atoms with Gasteiger partial charge in [-0.2, -0.15) is 0 Å². The van der Waals surface area contributed by atoms with Gasteiger partial charge < -0.3 is 18.6 Å². The van der Waals surface area contributed by atoms with E-state index in [1.165, 1.54) is 7.11 Å². The van der Waals surface area contributed by atoms with Gasteiger partial charge in [0.1, 0.15) is 29.8 Å². The average molecular weight is 311 g/mol.